The van der Waals surface area contributed by atoms with E-state index in [1.54, 1.807) is 0 Å². The van der Waals surface area contributed by atoms with Gasteiger partial charge < -0.3 is 10.5 Å². The minimum atomic E-state index is -0.201. The summed E-state index contributed by atoms with van der Waals surface area (Å²) < 4.78 is 5.38. The van der Waals surface area contributed by atoms with Gasteiger partial charge in [0.2, 0.25) is 11.8 Å². The summed E-state index contributed by atoms with van der Waals surface area (Å²) in [7, 11) is 0. The maximum Gasteiger partial charge on any atom is 0.243 e. The van der Waals surface area contributed by atoms with Crippen molar-refractivity contribution < 1.29 is 21.8 Å². The molecular formula is C18H16FeN4O-2. The van der Waals surface area contributed by atoms with Crippen LogP contribution in [0.4, 0.5) is 0 Å². The van der Waals surface area contributed by atoms with Crippen molar-refractivity contribution in [2.45, 2.75) is 12.8 Å². The SMILES string of the molecule is Cc1[nH]nc2c1C([c-]1cccc1)C(C#N)=C(N)O2.[Fe].c1cc[cH-]c1. The number of nitrogens with two attached hydrogens (primary N) is 1. The molecule has 2 heterocycles. The third kappa shape index (κ3) is 3.28. The number of ether oxygens (including phenoxy) is 1. The molecule has 5 nitrogen and oxygen atoms in total. The molecule has 1 unspecified atom stereocenters. The first kappa shape index (κ1) is 17.6. The van der Waals surface area contributed by atoms with Gasteiger partial charge in [0.1, 0.15) is 6.07 Å². The molecule has 3 N–H and O–H groups in total. The molecular weight excluding hydrogens is 344 g/mol. The van der Waals surface area contributed by atoms with Crippen LogP contribution in [0, 0.1) is 18.3 Å². The Labute approximate surface area is 150 Å². The number of fused-ring (bicyclic) bond motifs is 1. The predicted octanol–water partition coefficient (Wildman–Crippen LogP) is 3.06. The zero-order valence-corrected chi connectivity index (χ0v) is 14.1. The molecule has 4 rings (SSSR count). The Balaban J connectivity index is 0.000000300. The molecule has 0 bridgehead atoms. The quantitative estimate of drug-likeness (QED) is 0.516. The van der Waals surface area contributed by atoms with E-state index in [1.807, 2.05) is 61.5 Å². The summed E-state index contributed by atoms with van der Waals surface area (Å²) in [4.78, 5) is 0. The molecule has 3 aromatic rings. The second-order valence-corrected chi connectivity index (χ2v) is 5.17. The van der Waals surface area contributed by atoms with Gasteiger partial charge in [0, 0.05) is 34.2 Å². The maximum atomic E-state index is 9.29. The maximum absolute atomic E-state index is 9.29. The van der Waals surface area contributed by atoms with E-state index in [0.29, 0.717) is 11.5 Å². The molecule has 1 aliphatic rings. The molecule has 124 valence electrons. The van der Waals surface area contributed by atoms with Gasteiger partial charge in [0.05, 0.1) is 5.57 Å². The van der Waals surface area contributed by atoms with Crippen molar-refractivity contribution in [2.75, 3.05) is 0 Å². The Bertz CT molecular complexity index is 821. The summed E-state index contributed by atoms with van der Waals surface area (Å²) in [5, 5.41) is 16.2. The van der Waals surface area contributed by atoms with Crippen LogP contribution in [-0.2, 0) is 17.1 Å². The molecule has 0 spiro atoms. The van der Waals surface area contributed by atoms with Crippen molar-refractivity contribution in [3.05, 3.63) is 82.9 Å². The van der Waals surface area contributed by atoms with E-state index in [4.69, 9.17) is 10.5 Å². The fourth-order valence-corrected chi connectivity index (χ4v) is 2.63. The van der Waals surface area contributed by atoms with E-state index in [-0.39, 0.29) is 28.9 Å². The molecule has 1 aromatic heterocycles. The van der Waals surface area contributed by atoms with Crippen molar-refractivity contribution in [2.24, 2.45) is 5.73 Å². The van der Waals surface area contributed by atoms with Crippen LogP contribution in [0.3, 0.4) is 0 Å². The zero-order valence-electron chi connectivity index (χ0n) is 13.0. The number of hydrogen-bond acceptors (Lipinski definition) is 4. The molecule has 0 fully saturated rings. The Morgan fingerprint density at radius 2 is 1.96 bits per heavy atom. The molecule has 0 amide bonds. The van der Waals surface area contributed by atoms with Crippen LogP contribution >= 0.6 is 0 Å². The van der Waals surface area contributed by atoms with E-state index < -0.39 is 0 Å². The monoisotopic (exact) mass is 360 g/mol. The largest absolute Gasteiger partial charge is 0.420 e. The van der Waals surface area contributed by atoms with Gasteiger partial charge in [-0.1, -0.05) is 0 Å². The standard InChI is InChI=1S/C13H11N4O.C5H5.Fe/c1-7-10-11(8-4-2-3-5-8)9(6-14)12(15)18-13(10)17-16-7;1-2-4-5-3-1;/h2-5,11H,15H2,1H3,(H,16,17);1-5H;/q2*-1;. The third-order valence-electron chi connectivity index (χ3n) is 3.71. The van der Waals surface area contributed by atoms with Gasteiger partial charge in [-0.3, -0.25) is 5.10 Å². The molecule has 6 heteroatoms. The summed E-state index contributed by atoms with van der Waals surface area (Å²) in [6, 6.07) is 19.9. The topological polar surface area (TPSA) is 87.7 Å². The first-order valence-corrected chi connectivity index (χ1v) is 7.23. The molecule has 1 atom stereocenters. The van der Waals surface area contributed by atoms with Crippen LogP contribution in [0.25, 0.3) is 0 Å². The number of nitrogens with zero attached hydrogens (tertiary/aromatic N) is 2. The summed E-state index contributed by atoms with van der Waals surface area (Å²) in [5.74, 6) is 0.380. The van der Waals surface area contributed by atoms with Crippen molar-refractivity contribution in [1.29, 1.82) is 5.26 Å². The fourth-order valence-electron chi connectivity index (χ4n) is 2.63. The molecule has 0 aliphatic carbocycles. The summed E-state index contributed by atoms with van der Waals surface area (Å²) in [6.07, 6.45) is 0. The van der Waals surface area contributed by atoms with Gasteiger partial charge in [-0.25, -0.2) is 24.3 Å². The molecule has 0 radical (unpaired) electrons. The first-order chi connectivity index (χ1) is 11.2. The van der Waals surface area contributed by atoms with Crippen LogP contribution in [0.2, 0.25) is 0 Å². The van der Waals surface area contributed by atoms with E-state index in [0.717, 1.165) is 16.8 Å². The second kappa shape index (κ2) is 7.69. The van der Waals surface area contributed by atoms with Crippen molar-refractivity contribution in [3.63, 3.8) is 0 Å². The molecule has 1 aliphatic heterocycles. The minimum Gasteiger partial charge on any atom is -0.420 e. The van der Waals surface area contributed by atoms with Crippen molar-refractivity contribution in [3.8, 4) is 11.9 Å². The van der Waals surface area contributed by atoms with Crippen LogP contribution in [0.5, 0.6) is 5.88 Å². The van der Waals surface area contributed by atoms with Crippen molar-refractivity contribution in [1.82, 2.24) is 10.2 Å². The van der Waals surface area contributed by atoms with Crippen LogP contribution < -0.4 is 10.5 Å². The van der Waals surface area contributed by atoms with E-state index in [2.05, 4.69) is 16.3 Å². The number of aromatic amines is 1. The smallest absolute Gasteiger partial charge is 0.243 e. The van der Waals surface area contributed by atoms with E-state index in [9.17, 15) is 5.26 Å². The summed E-state index contributed by atoms with van der Waals surface area (Å²) >= 11 is 0. The average Bonchev–Trinajstić information content (AvgIpc) is 3.31. The van der Waals surface area contributed by atoms with Crippen molar-refractivity contribution >= 4 is 0 Å². The predicted molar refractivity (Wildman–Crippen MR) is 86.7 cm³/mol. The number of nitrogens with one attached hydrogen (secondary N) is 1. The molecule has 0 saturated carbocycles. The number of hydrogen-bond donors (Lipinski definition) is 2. The Morgan fingerprint density at radius 1 is 1.29 bits per heavy atom. The molecule has 0 saturated heterocycles. The molecule has 2 aromatic carbocycles. The fraction of sp³-hybridized carbons (Fsp3) is 0.111. The normalized spacial score (nSPS) is 15.2. The first-order valence-electron chi connectivity index (χ1n) is 7.23. The number of allylic oxidation sites excluding steroid dienone is 1. The molecule has 24 heavy (non-hydrogen) atoms. The Hall–Kier alpha value is -2.74. The van der Waals surface area contributed by atoms with Gasteiger partial charge in [0.15, 0.2) is 0 Å². The zero-order chi connectivity index (χ0) is 16.2. The van der Waals surface area contributed by atoms with Gasteiger partial charge in [-0.2, -0.15) is 35.6 Å². The third-order valence-corrected chi connectivity index (χ3v) is 3.71. The Kier molecular flexibility index (Phi) is 5.64. The van der Waals surface area contributed by atoms with Crippen LogP contribution in [0.15, 0.2) is 66.1 Å². The van der Waals surface area contributed by atoms with Gasteiger partial charge in [0.25, 0.3) is 0 Å². The number of H-pyrrole nitrogens is 1. The number of aromatic nitrogens is 2. The minimum absolute atomic E-state index is 0. The van der Waals surface area contributed by atoms with Crippen LogP contribution in [0.1, 0.15) is 22.7 Å². The van der Waals surface area contributed by atoms with Gasteiger partial charge in [-0.05, 0) is 6.92 Å². The van der Waals surface area contributed by atoms with Gasteiger partial charge in [-0.15, -0.1) is 10.7 Å². The van der Waals surface area contributed by atoms with E-state index in [1.165, 1.54) is 0 Å². The van der Waals surface area contributed by atoms with Gasteiger partial charge >= 0.3 is 0 Å². The average molecular weight is 360 g/mol. The van der Waals surface area contributed by atoms with Crippen LogP contribution in [-0.4, -0.2) is 10.2 Å². The summed E-state index contributed by atoms with van der Waals surface area (Å²) in [6.45, 7) is 1.90. The number of aryl methyl sites for hydroxylation is 1. The number of nitriles is 1. The second-order valence-electron chi connectivity index (χ2n) is 5.17. The Morgan fingerprint density at radius 3 is 2.50 bits per heavy atom. The summed E-state index contributed by atoms with van der Waals surface area (Å²) in [5.41, 5.74) is 9.00. The number of rotatable bonds is 1. The van der Waals surface area contributed by atoms with E-state index >= 15 is 0 Å².